The van der Waals surface area contributed by atoms with Crippen molar-refractivity contribution in [3.8, 4) is 0 Å². The van der Waals surface area contributed by atoms with Crippen molar-refractivity contribution >= 4 is 0 Å². The Morgan fingerprint density at radius 1 is 0.767 bits per heavy atom. The summed E-state index contributed by atoms with van der Waals surface area (Å²) in [4.78, 5) is 0. The summed E-state index contributed by atoms with van der Waals surface area (Å²) < 4.78 is 38.3. The monoisotopic (exact) mass is 422 g/mol. The van der Waals surface area contributed by atoms with Gasteiger partial charge in [0.2, 0.25) is 0 Å². The van der Waals surface area contributed by atoms with E-state index in [-0.39, 0.29) is 0 Å². The molecule has 170 valence electrons. The first kappa shape index (κ1) is 23.7. The van der Waals surface area contributed by atoms with Crippen LogP contribution in [0.1, 0.15) is 114 Å². The lowest BCUT2D eigenvalue weighted by molar-refractivity contribution is -0.137. The van der Waals surface area contributed by atoms with Gasteiger partial charge in [0.1, 0.15) is 0 Å². The molecular formula is C27H41F3. The minimum Gasteiger partial charge on any atom is -0.166 e. The van der Waals surface area contributed by atoms with Gasteiger partial charge in [-0.05, 0) is 73.0 Å². The summed E-state index contributed by atoms with van der Waals surface area (Å²) >= 11 is 0. The summed E-state index contributed by atoms with van der Waals surface area (Å²) in [6.07, 6.45) is 13.2. The van der Waals surface area contributed by atoms with Crippen LogP contribution in [0.3, 0.4) is 0 Å². The molecule has 3 heteroatoms. The molecule has 1 atom stereocenters. The third-order valence-electron chi connectivity index (χ3n) is 8.27. The van der Waals surface area contributed by atoms with Crippen molar-refractivity contribution in [3.63, 3.8) is 0 Å². The summed E-state index contributed by atoms with van der Waals surface area (Å²) in [5.74, 6) is 4.09. The quantitative estimate of drug-likeness (QED) is 0.391. The second-order valence-corrected chi connectivity index (χ2v) is 10.4. The van der Waals surface area contributed by atoms with Gasteiger partial charge in [0, 0.05) is 0 Å². The Balaban J connectivity index is 1.33. The molecule has 0 aromatic heterocycles. The van der Waals surface area contributed by atoms with Gasteiger partial charge in [-0.15, -0.1) is 0 Å². The van der Waals surface area contributed by atoms with Crippen LogP contribution in [-0.4, -0.2) is 0 Å². The summed E-state index contributed by atoms with van der Waals surface area (Å²) in [7, 11) is 0. The van der Waals surface area contributed by atoms with Crippen LogP contribution in [0.25, 0.3) is 0 Å². The van der Waals surface area contributed by atoms with Gasteiger partial charge < -0.3 is 0 Å². The topological polar surface area (TPSA) is 0 Å². The zero-order chi connectivity index (χ0) is 21.6. The molecule has 0 aliphatic heterocycles. The Bertz CT molecular complexity index is 602. The largest absolute Gasteiger partial charge is 0.416 e. The van der Waals surface area contributed by atoms with Crippen molar-refractivity contribution in [2.45, 2.75) is 109 Å². The molecule has 0 saturated heterocycles. The molecule has 0 nitrogen and oxygen atoms in total. The predicted octanol–water partition coefficient (Wildman–Crippen LogP) is 9.39. The van der Waals surface area contributed by atoms with E-state index in [9.17, 15) is 13.2 Å². The Kier molecular flexibility index (Phi) is 8.72. The van der Waals surface area contributed by atoms with Crippen molar-refractivity contribution in [2.75, 3.05) is 0 Å². The van der Waals surface area contributed by atoms with Crippen LogP contribution in [0.15, 0.2) is 24.3 Å². The van der Waals surface area contributed by atoms with Crippen LogP contribution >= 0.6 is 0 Å². The van der Waals surface area contributed by atoms with E-state index in [1.165, 1.54) is 82.8 Å². The molecule has 1 aromatic carbocycles. The van der Waals surface area contributed by atoms with E-state index < -0.39 is 11.7 Å². The molecule has 2 fully saturated rings. The number of halogens is 3. The lowest BCUT2D eigenvalue weighted by Crippen LogP contribution is -2.18. The number of alkyl halides is 3. The predicted molar refractivity (Wildman–Crippen MR) is 120 cm³/mol. The molecule has 0 N–H and O–H groups in total. The molecule has 2 aliphatic rings. The van der Waals surface area contributed by atoms with E-state index in [0.29, 0.717) is 5.92 Å². The second-order valence-electron chi connectivity index (χ2n) is 10.4. The van der Waals surface area contributed by atoms with Crippen molar-refractivity contribution < 1.29 is 13.2 Å². The van der Waals surface area contributed by atoms with Crippen LogP contribution < -0.4 is 0 Å². The standard InChI is InChI=1S/C27H41F3/c1-3-20(2)4-5-21-6-8-22(9-7-21)10-11-23-12-14-24(15-13-23)25-16-18-26(19-17-25)27(28,29)30/h16-24H,3-15H2,1-2H3. The third-order valence-corrected chi connectivity index (χ3v) is 8.27. The van der Waals surface area contributed by atoms with Crippen molar-refractivity contribution in [2.24, 2.45) is 23.7 Å². The van der Waals surface area contributed by atoms with Crippen LogP contribution in [0.4, 0.5) is 13.2 Å². The zero-order valence-electron chi connectivity index (χ0n) is 19.0. The first-order valence-electron chi connectivity index (χ1n) is 12.5. The van der Waals surface area contributed by atoms with Gasteiger partial charge in [-0.3, -0.25) is 0 Å². The summed E-state index contributed by atoms with van der Waals surface area (Å²) in [5.41, 5.74) is 0.562. The minimum atomic E-state index is -4.23. The van der Waals surface area contributed by atoms with Gasteiger partial charge in [0.25, 0.3) is 0 Å². The van der Waals surface area contributed by atoms with E-state index >= 15 is 0 Å². The van der Waals surface area contributed by atoms with E-state index in [4.69, 9.17) is 0 Å². The van der Waals surface area contributed by atoms with E-state index in [1.807, 2.05) is 0 Å². The molecule has 0 amide bonds. The zero-order valence-corrected chi connectivity index (χ0v) is 19.0. The number of rotatable bonds is 8. The molecule has 30 heavy (non-hydrogen) atoms. The molecule has 0 bridgehead atoms. The summed E-state index contributed by atoms with van der Waals surface area (Å²) in [5, 5.41) is 0. The van der Waals surface area contributed by atoms with Gasteiger partial charge in [-0.1, -0.05) is 83.8 Å². The molecule has 1 unspecified atom stereocenters. The van der Waals surface area contributed by atoms with Crippen molar-refractivity contribution in [3.05, 3.63) is 35.4 Å². The van der Waals surface area contributed by atoms with Crippen molar-refractivity contribution in [1.29, 1.82) is 0 Å². The Labute approximate surface area is 182 Å². The maximum Gasteiger partial charge on any atom is 0.416 e. The smallest absolute Gasteiger partial charge is 0.166 e. The molecule has 3 rings (SSSR count). The maximum absolute atomic E-state index is 12.8. The minimum absolute atomic E-state index is 0.449. The molecule has 1 aromatic rings. The highest BCUT2D eigenvalue weighted by Crippen LogP contribution is 2.41. The van der Waals surface area contributed by atoms with Crippen molar-refractivity contribution in [1.82, 2.24) is 0 Å². The third kappa shape index (κ3) is 7.02. The first-order valence-corrected chi connectivity index (χ1v) is 12.5. The first-order chi connectivity index (χ1) is 14.3. The second kappa shape index (κ2) is 11.0. The Morgan fingerprint density at radius 3 is 1.70 bits per heavy atom. The van der Waals surface area contributed by atoms with Gasteiger partial charge in [-0.25, -0.2) is 0 Å². The van der Waals surface area contributed by atoms with E-state index in [1.54, 1.807) is 12.1 Å². The SMILES string of the molecule is CCC(C)CCC1CCC(CCC2CCC(c3ccc(C(F)(F)F)cc3)CC2)CC1. The van der Waals surface area contributed by atoms with Gasteiger partial charge in [0.05, 0.1) is 5.56 Å². The highest BCUT2D eigenvalue weighted by atomic mass is 19.4. The number of hydrogen-bond donors (Lipinski definition) is 0. The van der Waals surface area contributed by atoms with Crippen LogP contribution in [0.5, 0.6) is 0 Å². The summed E-state index contributed by atoms with van der Waals surface area (Å²) in [6.45, 7) is 4.69. The Hall–Kier alpha value is -0.990. The molecule has 0 spiro atoms. The fraction of sp³-hybridized carbons (Fsp3) is 0.778. The maximum atomic E-state index is 12.8. The average molecular weight is 423 g/mol. The van der Waals surface area contributed by atoms with Crippen LogP contribution in [0, 0.1) is 23.7 Å². The Morgan fingerprint density at radius 2 is 1.23 bits per heavy atom. The van der Waals surface area contributed by atoms with Gasteiger partial charge in [0.15, 0.2) is 0 Å². The molecule has 2 saturated carbocycles. The molecule has 0 radical (unpaired) electrons. The summed E-state index contributed by atoms with van der Waals surface area (Å²) in [6, 6.07) is 5.91. The highest BCUT2D eigenvalue weighted by Gasteiger charge is 2.31. The fourth-order valence-electron chi connectivity index (χ4n) is 5.73. The average Bonchev–Trinajstić information content (AvgIpc) is 2.76. The lowest BCUT2D eigenvalue weighted by Gasteiger charge is -2.32. The molecule has 0 heterocycles. The fourth-order valence-corrected chi connectivity index (χ4v) is 5.73. The molecule has 2 aliphatic carbocycles. The number of benzene rings is 1. The molecular weight excluding hydrogens is 381 g/mol. The highest BCUT2D eigenvalue weighted by molar-refractivity contribution is 5.27. The van der Waals surface area contributed by atoms with Crippen LogP contribution in [0.2, 0.25) is 0 Å². The normalized spacial score (nSPS) is 29.0. The van der Waals surface area contributed by atoms with E-state index in [2.05, 4.69) is 13.8 Å². The van der Waals surface area contributed by atoms with Crippen LogP contribution in [-0.2, 0) is 6.18 Å². The van der Waals surface area contributed by atoms with Gasteiger partial charge in [-0.2, -0.15) is 13.2 Å². The number of hydrogen-bond acceptors (Lipinski definition) is 0. The van der Waals surface area contributed by atoms with E-state index in [0.717, 1.165) is 42.1 Å². The van der Waals surface area contributed by atoms with Gasteiger partial charge >= 0.3 is 6.18 Å². The lowest BCUT2D eigenvalue weighted by atomic mass is 9.73.